The van der Waals surface area contributed by atoms with Gasteiger partial charge in [0.2, 0.25) is 11.7 Å². The fourth-order valence-corrected chi connectivity index (χ4v) is 3.41. The van der Waals surface area contributed by atoms with Gasteiger partial charge in [0.05, 0.1) is 26.5 Å². The summed E-state index contributed by atoms with van der Waals surface area (Å²) in [6.07, 6.45) is 1.10. The van der Waals surface area contributed by atoms with E-state index in [4.69, 9.17) is 23.7 Å². The molecular formula is C23H24N4O5S. The molecule has 10 heteroatoms. The van der Waals surface area contributed by atoms with E-state index >= 15 is 0 Å². The van der Waals surface area contributed by atoms with Gasteiger partial charge < -0.3 is 18.7 Å². The van der Waals surface area contributed by atoms with Gasteiger partial charge in [-0.1, -0.05) is 5.16 Å². The SMILES string of the molecule is CCOc1cc(C(=Nc2ccc(-c3noc(C)n3)cc2)/C(=N/C(=O)OC)SC)ccc1OC. The Kier molecular flexibility index (Phi) is 8.20. The summed E-state index contributed by atoms with van der Waals surface area (Å²) in [6.45, 7) is 4.09. The smallest absolute Gasteiger partial charge is 0.434 e. The van der Waals surface area contributed by atoms with Crippen molar-refractivity contribution in [1.82, 2.24) is 10.1 Å². The third kappa shape index (κ3) is 5.98. The van der Waals surface area contributed by atoms with Crippen LogP contribution in [-0.4, -0.2) is 54.1 Å². The molecule has 0 spiro atoms. The number of benzene rings is 2. The molecule has 1 heterocycles. The first-order valence-corrected chi connectivity index (χ1v) is 11.2. The van der Waals surface area contributed by atoms with Crippen LogP contribution >= 0.6 is 11.8 Å². The lowest BCUT2D eigenvalue weighted by molar-refractivity contribution is 0.183. The number of carbonyl (C=O) groups is 1. The summed E-state index contributed by atoms with van der Waals surface area (Å²) in [5.74, 6) is 2.14. The first-order chi connectivity index (χ1) is 16.0. The summed E-state index contributed by atoms with van der Waals surface area (Å²) < 4.78 is 20.9. The third-order valence-corrected chi connectivity index (χ3v) is 5.07. The zero-order chi connectivity index (χ0) is 23.8. The van der Waals surface area contributed by atoms with E-state index in [9.17, 15) is 4.79 Å². The predicted molar refractivity (Wildman–Crippen MR) is 128 cm³/mol. The van der Waals surface area contributed by atoms with Crippen molar-refractivity contribution in [2.75, 3.05) is 27.1 Å². The molecule has 0 radical (unpaired) electrons. The molecule has 0 saturated carbocycles. The molecule has 0 bridgehead atoms. The molecule has 1 amide bonds. The van der Waals surface area contributed by atoms with Crippen molar-refractivity contribution in [3.05, 3.63) is 53.9 Å². The minimum absolute atomic E-state index is 0.396. The zero-order valence-electron chi connectivity index (χ0n) is 19.0. The van der Waals surface area contributed by atoms with Gasteiger partial charge in [0.15, 0.2) is 11.5 Å². The van der Waals surface area contributed by atoms with Crippen molar-refractivity contribution in [3.63, 3.8) is 0 Å². The number of aryl methyl sites for hydroxylation is 1. The average Bonchev–Trinajstić information content (AvgIpc) is 3.27. The number of amides is 1. The maximum absolute atomic E-state index is 11.9. The van der Waals surface area contributed by atoms with Gasteiger partial charge >= 0.3 is 6.09 Å². The second-order valence-electron chi connectivity index (χ2n) is 6.53. The van der Waals surface area contributed by atoms with Gasteiger partial charge in [-0.05, 0) is 55.6 Å². The van der Waals surface area contributed by atoms with Crippen molar-refractivity contribution >= 4 is 34.3 Å². The summed E-state index contributed by atoms with van der Waals surface area (Å²) in [4.78, 5) is 25.0. The molecule has 172 valence electrons. The topological polar surface area (TPSA) is 108 Å². The summed E-state index contributed by atoms with van der Waals surface area (Å²) in [5, 5.41) is 4.33. The summed E-state index contributed by atoms with van der Waals surface area (Å²) in [5.41, 5.74) is 2.63. The molecule has 2 aromatic carbocycles. The van der Waals surface area contributed by atoms with Crippen LogP contribution in [0.4, 0.5) is 10.5 Å². The molecule has 9 nitrogen and oxygen atoms in total. The Bertz CT molecular complexity index is 1170. The van der Waals surface area contributed by atoms with E-state index in [1.165, 1.54) is 18.9 Å². The molecule has 0 fully saturated rings. The molecule has 0 unspecified atom stereocenters. The monoisotopic (exact) mass is 468 g/mol. The van der Waals surface area contributed by atoms with Gasteiger partial charge in [-0.2, -0.15) is 9.98 Å². The van der Waals surface area contributed by atoms with E-state index < -0.39 is 6.09 Å². The lowest BCUT2D eigenvalue weighted by Gasteiger charge is -2.13. The molecular weight excluding hydrogens is 444 g/mol. The van der Waals surface area contributed by atoms with Gasteiger partial charge in [0, 0.05) is 18.1 Å². The first kappa shape index (κ1) is 24.0. The van der Waals surface area contributed by atoms with Gasteiger partial charge in [-0.3, -0.25) is 0 Å². The number of rotatable bonds is 7. The maximum Gasteiger partial charge on any atom is 0.434 e. The number of methoxy groups -OCH3 is 2. The minimum Gasteiger partial charge on any atom is -0.493 e. The highest BCUT2D eigenvalue weighted by atomic mass is 32.2. The number of hydrogen-bond donors (Lipinski definition) is 0. The first-order valence-electron chi connectivity index (χ1n) is 10.0. The maximum atomic E-state index is 11.9. The standard InChI is InChI=1S/C23H24N4O5S/c1-6-31-19-13-16(9-12-18(19)29-3)20(22(33-5)26-23(28)30-4)25-17-10-7-15(8-11-17)21-24-14(2)32-27-21/h7-13H,6H2,1-5H3/b25-20?,26-22-. The minimum atomic E-state index is -0.714. The van der Waals surface area contributed by atoms with E-state index in [1.54, 1.807) is 26.2 Å². The Morgan fingerprint density at radius 1 is 1.12 bits per heavy atom. The zero-order valence-corrected chi connectivity index (χ0v) is 19.8. The van der Waals surface area contributed by atoms with Crippen LogP contribution in [0.2, 0.25) is 0 Å². The molecule has 33 heavy (non-hydrogen) atoms. The van der Waals surface area contributed by atoms with E-state index in [2.05, 4.69) is 15.1 Å². The van der Waals surface area contributed by atoms with Crippen LogP contribution in [-0.2, 0) is 4.74 Å². The molecule has 3 rings (SSSR count). The summed E-state index contributed by atoms with van der Waals surface area (Å²) in [6, 6.07) is 12.8. The van der Waals surface area contributed by atoms with Crippen molar-refractivity contribution in [1.29, 1.82) is 0 Å². The number of aliphatic imine (C=N–C) groups is 2. The largest absolute Gasteiger partial charge is 0.493 e. The van der Waals surface area contributed by atoms with Crippen molar-refractivity contribution < 1.29 is 23.5 Å². The molecule has 0 atom stereocenters. The lowest BCUT2D eigenvalue weighted by atomic mass is 10.1. The van der Waals surface area contributed by atoms with E-state index in [1.807, 2.05) is 43.5 Å². The number of carbonyl (C=O) groups excluding carboxylic acids is 1. The molecule has 3 aromatic rings. The van der Waals surface area contributed by atoms with E-state index in [0.29, 0.717) is 51.8 Å². The summed E-state index contributed by atoms with van der Waals surface area (Å²) in [7, 11) is 2.85. The number of hydrogen-bond acceptors (Lipinski definition) is 9. The quantitative estimate of drug-likeness (QED) is 0.348. The van der Waals surface area contributed by atoms with E-state index in [-0.39, 0.29) is 0 Å². The average molecular weight is 469 g/mol. The fourth-order valence-electron chi connectivity index (χ4n) is 2.88. The van der Waals surface area contributed by atoms with Gasteiger partial charge in [0.1, 0.15) is 10.8 Å². The second kappa shape index (κ2) is 11.3. The molecule has 0 aliphatic heterocycles. The molecule has 1 aromatic heterocycles. The number of ether oxygens (including phenoxy) is 3. The van der Waals surface area contributed by atoms with Crippen molar-refractivity contribution in [2.45, 2.75) is 13.8 Å². The Morgan fingerprint density at radius 3 is 2.45 bits per heavy atom. The van der Waals surface area contributed by atoms with Gasteiger partial charge in [0.25, 0.3) is 0 Å². The highest BCUT2D eigenvalue weighted by Crippen LogP contribution is 2.30. The second-order valence-corrected chi connectivity index (χ2v) is 7.33. The fraction of sp³-hybridized carbons (Fsp3) is 0.261. The van der Waals surface area contributed by atoms with Crippen LogP contribution in [0.15, 0.2) is 57.0 Å². The Morgan fingerprint density at radius 2 is 1.88 bits per heavy atom. The van der Waals surface area contributed by atoms with Crippen molar-refractivity contribution in [3.8, 4) is 22.9 Å². The van der Waals surface area contributed by atoms with Crippen LogP contribution in [0.25, 0.3) is 11.4 Å². The van der Waals surface area contributed by atoms with Crippen molar-refractivity contribution in [2.24, 2.45) is 9.98 Å². The Labute approximate surface area is 195 Å². The van der Waals surface area contributed by atoms with Crippen LogP contribution in [0.1, 0.15) is 18.4 Å². The normalized spacial score (nSPS) is 11.9. The third-order valence-electron chi connectivity index (χ3n) is 4.39. The van der Waals surface area contributed by atoms with Gasteiger partial charge in [-0.15, -0.1) is 11.8 Å². The van der Waals surface area contributed by atoms with Crippen LogP contribution in [0, 0.1) is 6.92 Å². The number of aromatic nitrogens is 2. The summed E-state index contributed by atoms with van der Waals surface area (Å²) >= 11 is 1.28. The van der Waals surface area contributed by atoms with Crippen LogP contribution in [0.5, 0.6) is 11.5 Å². The Hall–Kier alpha value is -3.66. The highest BCUT2D eigenvalue weighted by Gasteiger charge is 2.17. The number of nitrogens with zero attached hydrogens (tertiary/aromatic N) is 4. The predicted octanol–water partition coefficient (Wildman–Crippen LogP) is 5.10. The van der Waals surface area contributed by atoms with E-state index in [0.717, 1.165) is 5.56 Å². The molecule has 0 N–H and O–H groups in total. The lowest BCUT2D eigenvalue weighted by Crippen LogP contribution is -2.15. The molecule has 0 aliphatic carbocycles. The highest BCUT2D eigenvalue weighted by molar-refractivity contribution is 8.15. The molecule has 0 aliphatic rings. The van der Waals surface area contributed by atoms with Crippen LogP contribution < -0.4 is 9.47 Å². The molecule has 0 saturated heterocycles. The van der Waals surface area contributed by atoms with Crippen LogP contribution in [0.3, 0.4) is 0 Å². The number of thioether (sulfide) groups is 1. The van der Waals surface area contributed by atoms with Gasteiger partial charge in [-0.25, -0.2) is 9.79 Å². The Balaban J connectivity index is 2.09.